The fourth-order valence-corrected chi connectivity index (χ4v) is 3.89. The highest BCUT2D eigenvalue weighted by Gasteiger charge is 2.49. The third-order valence-corrected chi connectivity index (χ3v) is 5.31. The monoisotopic (exact) mass is 348 g/mol. The molecule has 3 atom stereocenters. The van der Waals surface area contributed by atoms with Crippen LogP contribution in [0.3, 0.4) is 0 Å². The third-order valence-electron chi connectivity index (χ3n) is 5.31. The van der Waals surface area contributed by atoms with Crippen LogP contribution < -0.4 is 20.9 Å². The van der Waals surface area contributed by atoms with Gasteiger partial charge in [-0.15, -0.1) is 0 Å². The van der Waals surface area contributed by atoms with Crippen molar-refractivity contribution in [2.75, 3.05) is 7.11 Å². The molecule has 0 radical (unpaired) electrons. The van der Waals surface area contributed by atoms with Gasteiger partial charge < -0.3 is 10.1 Å². The molecule has 2 aliphatic rings. The van der Waals surface area contributed by atoms with E-state index in [2.05, 4.69) is 16.2 Å². The minimum atomic E-state index is -0.991. The highest BCUT2D eigenvalue weighted by molar-refractivity contribution is 5.83. The van der Waals surface area contributed by atoms with Gasteiger partial charge in [0.05, 0.1) is 18.7 Å². The minimum absolute atomic E-state index is 0.337. The highest BCUT2D eigenvalue weighted by Crippen LogP contribution is 2.39. The number of hydrogen-bond acceptors (Lipinski definition) is 6. The summed E-state index contributed by atoms with van der Waals surface area (Å²) in [6.07, 6.45) is 3.67. The second kappa shape index (κ2) is 6.97. The molecular weight excluding hydrogens is 324 g/mol. The summed E-state index contributed by atoms with van der Waals surface area (Å²) in [5, 5.41) is 14.4. The molecule has 2 fully saturated rings. The average Bonchev–Trinajstić information content (AvgIpc) is 3.22. The lowest BCUT2D eigenvalue weighted by molar-refractivity contribution is -0.523. The molecule has 1 amide bonds. The number of carbonyl (C=O) groups is 1. The van der Waals surface area contributed by atoms with E-state index < -0.39 is 28.6 Å². The van der Waals surface area contributed by atoms with Crippen LogP contribution in [0.1, 0.15) is 38.2 Å². The molecule has 1 aromatic carbocycles. The van der Waals surface area contributed by atoms with Gasteiger partial charge in [0, 0.05) is 4.92 Å². The molecule has 1 aliphatic heterocycles. The van der Waals surface area contributed by atoms with Crippen molar-refractivity contribution in [2.45, 2.75) is 56.3 Å². The zero-order chi connectivity index (χ0) is 18.0. The molecule has 8 nitrogen and oxygen atoms in total. The highest BCUT2D eigenvalue weighted by atomic mass is 16.6. The van der Waals surface area contributed by atoms with Crippen molar-refractivity contribution >= 4 is 5.91 Å². The van der Waals surface area contributed by atoms with Crippen molar-refractivity contribution in [1.82, 2.24) is 16.2 Å². The molecule has 3 rings (SSSR count). The fraction of sp³-hybridized carbons (Fsp3) is 0.588. The molecule has 1 aromatic rings. The van der Waals surface area contributed by atoms with Crippen molar-refractivity contribution in [3.8, 4) is 5.75 Å². The Morgan fingerprint density at radius 1 is 1.28 bits per heavy atom. The number of nitrogens with one attached hydrogen (secondary N) is 3. The maximum Gasteiger partial charge on any atom is 0.254 e. The summed E-state index contributed by atoms with van der Waals surface area (Å²) in [5.74, 6) is 0.420. The standard InChI is InChI=1S/C17H24N4O4/c1-11-15(21(23)24)14(20-19-11)16(22)18-17(9-3-4-10-17)12-5-7-13(25-2)8-6-12/h5-8,11,14-15,19-20H,3-4,9-10H2,1-2H3,(H,18,22). The van der Waals surface area contributed by atoms with E-state index in [9.17, 15) is 14.9 Å². The number of hydrogen-bond donors (Lipinski definition) is 3. The first kappa shape index (κ1) is 17.6. The zero-order valence-corrected chi connectivity index (χ0v) is 14.5. The molecule has 1 saturated carbocycles. The van der Waals surface area contributed by atoms with E-state index in [1.165, 1.54) is 0 Å². The number of ether oxygens (including phenoxy) is 1. The Morgan fingerprint density at radius 3 is 2.48 bits per heavy atom. The van der Waals surface area contributed by atoms with Gasteiger partial charge in [0.2, 0.25) is 5.91 Å². The zero-order valence-electron chi connectivity index (χ0n) is 14.5. The Balaban J connectivity index is 1.81. The Bertz CT molecular complexity index is 643. The number of benzene rings is 1. The Hall–Kier alpha value is -2.19. The minimum Gasteiger partial charge on any atom is -0.497 e. The number of amides is 1. The maximum absolute atomic E-state index is 12.8. The van der Waals surface area contributed by atoms with Gasteiger partial charge >= 0.3 is 0 Å². The van der Waals surface area contributed by atoms with Crippen LogP contribution in [0.25, 0.3) is 0 Å². The second-order valence-electron chi connectivity index (χ2n) is 6.84. The molecule has 3 N–H and O–H groups in total. The SMILES string of the molecule is COc1ccc(C2(NC(=O)C3NNC(C)C3[N+](=O)[O-])CCCC2)cc1. The second-order valence-corrected chi connectivity index (χ2v) is 6.84. The van der Waals surface area contributed by atoms with Crippen LogP contribution in [-0.4, -0.2) is 36.1 Å². The van der Waals surface area contributed by atoms with Crippen LogP contribution in [-0.2, 0) is 10.3 Å². The summed E-state index contributed by atoms with van der Waals surface area (Å²) in [6, 6.07) is 5.37. The van der Waals surface area contributed by atoms with Gasteiger partial charge in [0.1, 0.15) is 5.75 Å². The van der Waals surface area contributed by atoms with Gasteiger partial charge in [0.25, 0.3) is 6.04 Å². The van der Waals surface area contributed by atoms with Crippen LogP contribution in [0.4, 0.5) is 0 Å². The molecule has 25 heavy (non-hydrogen) atoms. The Labute approximate surface area is 146 Å². The first-order chi connectivity index (χ1) is 12.0. The molecular formula is C17H24N4O4. The first-order valence-corrected chi connectivity index (χ1v) is 8.58. The summed E-state index contributed by atoms with van der Waals surface area (Å²) in [4.78, 5) is 23.7. The molecule has 136 valence electrons. The van der Waals surface area contributed by atoms with Gasteiger partial charge in [-0.25, -0.2) is 10.9 Å². The van der Waals surface area contributed by atoms with Crippen LogP contribution in [0.15, 0.2) is 24.3 Å². The normalized spacial score (nSPS) is 27.8. The maximum atomic E-state index is 12.8. The molecule has 3 unspecified atom stereocenters. The molecule has 8 heteroatoms. The summed E-state index contributed by atoms with van der Waals surface area (Å²) >= 11 is 0. The van der Waals surface area contributed by atoms with Crippen molar-refractivity contribution in [3.05, 3.63) is 39.9 Å². The van der Waals surface area contributed by atoms with Gasteiger partial charge in [-0.05, 0) is 37.5 Å². The molecule has 0 bridgehead atoms. The van der Waals surface area contributed by atoms with Crippen molar-refractivity contribution in [2.24, 2.45) is 0 Å². The van der Waals surface area contributed by atoms with E-state index in [-0.39, 0.29) is 5.91 Å². The lowest BCUT2D eigenvalue weighted by Crippen LogP contribution is -2.55. The molecule has 1 saturated heterocycles. The fourth-order valence-electron chi connectivity index (χ4n) is 3.89. The predicted molar refractivity (Wildman–Crippen MR) is 91.6 cm³/mol. The number of carbonyl (C=O) groups excluding carboxylic acids is 1. The Morgan fingerprint density at radius 2 is 1.92 bits per heavy atom. The van der Waals surface area contributed by atoms with Crippen molar-refractivity contribution in [1.29, 1.82) is 0 Å². The number of nitro groups is 1. The summed E-state index contributed by atoms with van der Waals surface area (Å²) in [5.41, 5.74) is 6.12. The number of hydrazine groups is 1. The number of rotatable bonds is 5. The van der Waals surface area contributed by atoms with Crippen molar-refractivity contribution in [3.63, 3.8) is 0 Å². The quantitative estimate of drug-likeness (QED) is 0.543. The summed E-state index contributed by atoms with van der Waals surface area (Å²) < 4.78 is 5.20. The van der Waals surface area contributed by atoms with Gasteiger partial charge in [-0.2, -0.15) is 0 Å². The predicted octanol–water partition coefficient (Wildman–Crippen LogP) is 1.09. The molecule has 1 heterocycles. The smallest absolute Gasteiger partial charge is 0.254 e. The Kier molecular flexibility index (Phi) is 4.91. The van der Waals surface area contributed by atoms with Gasteiger partial charge in [-0.3, -0.25) is 14.9 Å². The van der Waals surface area contributed by atoms with Crippen molar-refractivity contribution < 1.29 is 14.5 Å². The largest absolute Gasteiger partial charge is 0.497 e. The molecule has 0 aromatic heterocycles. The first-order valence-electron chi connectivity index (χ1n) is 8.58. The lowest BCUT2D eigenvalue weighted by Gasteiger charge is -2.32. The van der Waals surface area contributed by atoms with E-state index in [1.54, 1.807) is 14.0 Å². The number of nitrogens with zero attached hydrogens (tertiary/aromatic N) is 1. The van der Waals surface area contributed by atoms with Crippen LogP contribution in [0, 0.1) is 10.1 Å². The molecule has 0 spiro atoms. The summed E-state index contributed by atoms with van der Waals surface area (Å²) in [6.45, 7) is 1.70. The van der Waals surface area contributed by atoms with E-state index in [0.29, 0.717) is 0 Å². The van der Waals surface area contributed by atoms with E-state index in [1.807, 2.05) is 24.3 Å². The van der Waals surface area contributed by atoms with Crippen LogP contribution >= 0.6 is 0 Å². The van der Waals surface area contributed by atoms with Crippen LogP contribution in [0.2, 0.25) is 0 Å². The van der Waals surface area contributed by atoms with Gasteiger partial charge in [-0.1, -0.05) is 25.0 Å². The van der Waals surface area contributed by atoms with E-state index in [0.717, 1.165) is 37.0 Å². The number of methoxy groups -OCH3 is 1. The van der Waals surface area contributed by atoms with E-state index >= 15 is 0 Å². The lowest BCUT2D eigenvalue weighted by atomic mass is 9.87. The molecule has 1 aliphatic carbocycles. The summed E-state index contributed by atoms with van der Waals surface area (Å²) in [7, 11) is 1.61. The van der Waals surface area contributed by atoms with E-state index in [4.69, 9.17) is 4.74 Å². The average molecular weight is 348 g/mol. The topological polar surface area (TPSA) is 106 Å². The van der Waals surface area contributed by atoms with Crippen LogP contribution in [0.5, 0.6) is 5.75 Å². The third kappa shape index (κ3) is 3.32. The van der Waals surface area contributed by atoms with Gasteiger partial charge in [0.15, 0.2) is 6.04 Å².